The molecule has 1 aromatic heterocycles. The Morgan fingerprint density at radius 3 is 2.81 bits per heavy atom. The third-order valence-electron chi connectivity index (χ3n) is 4.08. The summed E-state index contributed by atoms with van der Waals surface area (Å²) in [5.41, 5.74) is 0.335. The van der Waals surface area contributed by atoms with Crippen molar-refractivity contribution in [1.29, 1.82) is 0 Å². The molecule has 2 aromatic rings. The van der Waals surface area contributed by atoms with Crippen molar-refractivity contribution in [2.75, 3.05) is 6.54 Å². The second-order valence-electron chi connectivity index (χ2n) is 5.60. The molecule has 5 heteroatoms. The minimum Gasteiger partial charge on any atom is -0.352 e. The van der Waals surface area contributed by atoms with E-state index >= 15 is 0 Å². The van der Waals surface area contributed by atoms with E-state index in [0.717, 1.165) is 12.8 Å². The molecule has 1 aliphatic carbocycles. The number of pyridine rings is 1. The molecule has 0 bridgehead atoms. The summed E-state index contributed by atoms with van der Waals surface area (Å²) in [7, 11) is 0. The van der Waals surface area contributed by atoms with E-state index in [4.69, 9.17) is 0 Å². The van der Waals surface area contributed by atoms with Crippen molar-refractivity contribution in [1.82, 2.24) is 10.3 Å². The van der Waals surface area contributed by atoms with Gasteiger partial charge in [0, 0.05) is 23.5 Å². The van der Waals surface area contributed by atoms with Crippen molar-refractivity contribution < 1.29 is 9.18 Å². The van der Waals surface area contributed by atoms with Crippen LogP contribution in [0, 0.1) is 11.7 Å². The van der Waals surface area contributed by atoms with E-state index in [1.165, 1.54) is 37.1 Å². The van der Waals surface area contributed by atoms with E-state index in [0.29, 0.717) is 23.4 Å². The molecule has 0 spiro atoms. The highest BCUT2D eigenvalue weighted by atomic mass is 19.1. The topological polar surface area (TPSA) is 62.0 Å². The van der Waals surface area contributed by atoms with Crippen molar-refractivity contribution in [2.24, 2.45) is 5.92 Å². The van der Waals surface area contributed by atoms with E-state index in [2.05, 4.69) is 10.3 Å². The van der Waals surface area contributed by atoms with Crippen LogP contribution >= 0.6 is 0 Å². The molecule has 1 amide bonds. The normalized spacial score (nSPS) is 15.5. The van der Waals surface area contributed by atoms with Gasteiger partial charge in [0.25, 0.3) is 5.91 Å². The average Bonchev–Trinajstić information content (AvgIpc) is 2.97. The van der Waals surface area contributed by atoms with Gasteiger partial charge in [-0.15, -0.1) is 0 Å². The number of aromatic amines is 1. The lowest BCUT2D eigenvalue weighted by molar-refractivity contribution is 0.0949. The van der Waals surface area contributed by atoms with Crippen LogP contribution in [0.2, 0.25) is 0 Å². The van der Waals surface area contributed by atoms with Crippen LogP contribution in [0.5, 0.6) is 0 Å². The van der Waals surface area contributed by atoms with E-state index in [1.807, 2.05) is 0 Å². The van der Waals surface area contributed by atoms with Crippen LogP contribution in [0.4, 0.5) is 4.39 Å². The number of nitrogens with one attached hydrogen (secondary N) is 2. The molecule has 1 aromatic carbocycles. The van der Waals surface area contributed by atoms with Crippen LogP contribution in [0.25, 0.3) is 10.9 Å². The Morgan fingerprint density at radius 2 is 2.05 bits per heavy atom. The highest BCUT2D eigenvalue weighted by Crippen LogP contribution is 2.24. The molecule has 1 fully saturated rings. The van der Waals surface area contributed by atoms with Gasteiger partial charge in [0.2, 0.25) is 5.56 Å². The molecule has 110 valence electrons. The standard InChI is InChI=1S/C16H17FN2O2/c17-11-5-6-14-12(7-11)13(8-15(20)19-14)16(21)18-9-10-3-1-2-4-10/h5-8,10H,1-4,9H2,(H,18,21)(H,19,20). The van der Waals surface area contributed by atoms with Gasteiger partial charge >= 0.3 is 0 Å². The fourth-order valence-electron chi connectivity index (χ4n) is 2.96. The number of halogens is 1. The minimum absolute atomic E-state index is 0.228. The molecule has 1 heterocycles. The van der Waals surface area contributed by atoms with Gasteiger partial charge in [0.05, 0.1) is 5.56 Å². The molecule has 1 aliphatic rings. The number of benzene rings is 1. The second-order valence-corrected chi connectivity index (χ2v) is 5.60. The maximum Gasteiger partial charge on any atom is 0.252 e. The molecule has 0 radical (unpaired) electrons. The van der Waals surface area contributed by atoms with Crippen LogP contribution in [0.1, 0.15) is 36.0 Å². The zero-order chi connectivity index (χ0) is 14.8. The molecule has 4 nitrogen and oxygen atoms in total. The molecule has 0 aliphatic heterocycles. The molecular weight excluding hydrogens is 271 g/mol. The first kappa shape index (κ1) is 13.8. The van der Waals surface area contributed by atoms with Gasteiger partial charge in [-0.25, -0.2) is 4.39 Å². The zero-order valence-electron chi connectivity index (χ0n) is 11.6. The number of fused-ring (bicyclic) bond motifs is 1. The van der Waals surface area contributed by atoms with Crippen molar-refractivity contribution in [2.45, 2.75) is 25.7 Å². The maximum absolute atomic E-state index is 13.4. The SMILES string of the molecule is O=C(NCC1CCCC1)c1cc(=O)[nH]c2ccc(F)cc12. The number of hydrogen-bond acceptors (Lipinski definition) is 2. The van der Waals surface area contributed by atoms with Gasteiger partial charge < -0.3 is 10.3 Å². The van der Waals surface area contributed by atoms with E-state index in [-0.39, 0.29) is 17.0 Å². The van der Waals surface area contributed by atoms with Gasteiger partial charge in [0.1, 0.15) is 5.82 Å². The second kappa shape index (κ2) is 5.68. The number of aromatic nitrogens is 1. The van der Waals surface area contributed by atoms with Gasteiger partial charge in [-0.1, -0.05) is 12.8 Å². The van der Waals surface area contributed by atoms with Crippen molar-refractivity contribution >= 4 is 16.8 Å². The molecule has 3 rings (SSSR count). The lowest BCUT2D eigenvalue weighted by Crippen LogP contribution is -2.29. The van der Waals surface area contributed by atoms with E-state index < -0.39 is 5.82 Å². The van der Waals surface area contributed by atoms with Gasteiger partial charge in [-0.2, -0.15) is 0 Å². The molecule has 0 atom stereocenters. The summed E-state index contributed by atoms with van der Waals surface area (Å²) < 4.78 is 13.4. The van der Waals surface area contributed by atoms with Crippen LogP contribution in [0.15, 0.2) is 29.1 Å². The summed E-state index contributed by atoms with van der Waals surface area (Å²) >= 11 is 0. The fourth-order valence-corrected chi connectivity index (χ4v) is 2.96. The number of amides is 1. The van der Waals surface area contributed by atoms with Crippen molar-refractivity contribution in [3.05, 3.63) is 46.0 Å². The Hall–Kier alpha value is -2.17. The summed E-state index contributed by atoms with van der Waals surface area (Å²) in [6.45, 7) is 0.614. The maximum atomic E-state index is 13.4. The third-order valence-corrected chi connectivity index (χ3v) is 4.08. The van der Waals surface area contributed by atoms with Gasteiger partial charge in [-0.3, -0.25) is 9.59 Å². The van der Waals surface area contributed by atoms with Crippen LogP contribution in [-0.4, -0.2) is 17.4 Å². The van der Waals surface area contributed by atoms with Crippen molar-refractivity contribution in [3.8, 4) is 0 Å². The average molecular weight is 288 g/mol. The summed E-state index contributed by atoms with van der Waals surface area (Å²) in [4.78, 5) is 26.5. The monoisotopic (exact) mass is 288 g/mol. The summed E-state index contributed by atoms with van der Waals surface area (Å²) in [6.07, 6.45) is 4.68. The van der Waals surface area contributed by atoms with Gasteiger partial charge in [-0.05, 0) is 37.0 Å². The smallest absolute Gasteiger partial charge is 0.252 e. The summed E-state index contributed by atoms with van der Waals surface area (Å²) in [6, 6.07) is 5.24. The molecule has 2 N–H and O–H groups in total. The minimum atomic E-state index is -0.431. The predicted octanol–water partition coefficient (Wildman–Crippen LogP) is 2.59. The molecule has 0 saturated heterocycles. The molecule has 21 heavy (non-hydrogen) atoms. The fraction of sp³-hybridized carbons (Fsp3) is 0.375. The van der Waals surface area contributed by atoms with E-state index in [9.17, 15) is 14.0 Å². The van der Waals surface area contributed by atoms with E-state index in [1.54, 1.807) is 0 Å². The van der Waals surface area contributed by atoms with Crippen LogP contribution in [0.3, 0.4) is 0 Å². The highest BCUT2D eigenvalue weighted by molar-refractivity contribution is 6.05. The lowest BCUT2D eigenvalue weighted by atomic mass is 10.1. The summed E-state index contributed by atoms with van der Waals surface area (Å²) in [5.74, 6) is -0.234. The van der Waals surface area contributed by atoms with Crippen LogP contribution in [-0.2, 0) is 0 Å². The lowest BCUT2D eigenvalue weighted by Gasteiger charge is -2.11. The molecule has 1 saturated carbocycles. The molecular formula is C16H17FN2O2. The highest BCUT2D eigenvalue weighted by Gasteiger charge is 2.17. The quantitative estimate of drug-likeness (QED) is 0.912. The Morgan fingerprint density at radius 1 is 1.29 bits per heavy atom. The van der Waals surface area contributed by atoms with Crippen molar-refractivity contribution in [3.63, 3.8) is 0 Å². The van der Waals surface area contributed by atoms with Gasteiger partial charge in [0.15, 0.2) is 0 Å². The number of carbonyl (C=O) groups is 1. The Kier molecular flexibility index (Phi) is 3.73. The largest absolute Gasteiger partial charge is 0.352 e. The number of H-pyrrole nitrogens is 1. The first-order valence-electron chi connectivity index (χ1n) is 7.24. The Balaban J connectivity index is 1.89. The first-order valence-corrected chi connectivity index (χ1v) is 7.24. The number of carbonyl (C=O) groups excluding carboxylic acids is 1. The zero-order valence-corrected chi connectivity index (χ0v) is 11.6. The number of rotatable bonds is 3. The summed E-state index contributed by atoms with van der Waals surface area (Å²) in [5, 5.41) is 3.29. The Bertz CT molecular complexity index is 733. The first-order chi connectivity index (χ1) is 10.1. The molecule has 0 unspecified atom stereocenters. The predicted molar refractivity (Wildman–Crippen MR) is 78.8 cm³/mol. The van der Waals surface area contributed by atoms with Crippen LogP contribution < -0.4 is 10.9 Å². The number of hydrogen-bond donors (Lipinski definition) is 2. The Labute approximate surface area is 121 Å². The third kappa shape index (κ3) is 2.96.